The van der Waals surface area contributed by atoms with Crippen molar-refractivity contribution in [2.24, 2.45) is 0 Å². The van der Waals surface area contributed by atoms with Crippen molar-refractivity contribution in [2.45, 2.75) is 91.8 Å². The van der Waals surface area contributed by atoms with Gasteiger partial charge in [0.25, 0.3) is 5.91 Å². The number of ether oxygens (including phenoxy) is 2. The number of hydrogen-bond donors (Lipinski definition) is 1. The van der Waals surface area contributed by atoms with E-state index in [2.05, 4.69) is 52.9 Å². The van der Waals surface area contributed by atoms with E-state index in [9.17, 15) is 4.79 Å². The average molecular weight is 430 g/mol. The summed E-state index contributed by atoms with van der Waals surface area (Å²) in [5.74, 6) is 2.65. The number of carbonyl (C=O) groups is 1. The Labute approximate surface area is 187 Å². The second-order valence-corrected chi connectivity index (χ2v) is 9.32. The standard InChI is InChI=1S/C26H39NO4/c1-8-25(4,5)30-21-15-14-20(23(18-21)31-26(6,7)9-2)12-10-11-17-27-24(28)22-16-13-19(3)29-22/h13-16,18H,8-12,17H2,1-7H3,(H,27,28). The third-order valence-corrected chi connectivity index (χ3v) is 5.64. The molecule has 1 amide bonds. The van der Waals surface area contributed by atoms with Crippen LogP contribution < -0.4 is 14.8 Å². The predicted octanol–water partition coefficient (Wildman–Crippen LogP) is 6.48. The largest absolute Gasteiger partial charge is 0.488 e. The highest BCUT2D eigenvalue weighted by Crippen LogP contribution is 2.32. The van der Waals surface area contributed by atoms with Crippen LogP contribution in [0.25, 0.3) is 0 Å². The predicted molar refractivity (Wildman–Crippen MR) is 125 cm³/mol. The van der Waals surface area contributed by atoms with E-state index in [-0.39, 0.29) is 17.1 Å². The normalized spacial score (nSPS) is 12.0. The Bertz CT molecular complexity index is 851. The molecule has 0 bridgehead atoms. The van der Waals surface area contributed by atoms with Gasteiger partial charge in [-0.25, -0.2) is 0 Å². The smallest absolute Gasteiger partial charge is 0.286 e. The number of aryl methyl sites for hydroxylation is 2. The summed E-state index contributed by atoms with van der Waals surface area (Å²) in [6.07, 6.45) is 4.54. The molecule has 0 spiro atoms. The topological polar surface area (TPSA) is 60.7 Å². The lowest BCUT2D eigenvalue weighted by atomic mass is 10.0. The molecule has 1 aromatic heterocycles. The van der Waals surface area contributed by atoms with Crippen LogP contribution in [0, 0.1) is 6.92 Å². The lowest BCUT2D eigenvalue weighted by Gasteiger charge is -2.29. The highest BCUT2D eigenvalue weighted by Gasteiger charge is 2.21. The molecule has 1 heterocycles. The molecule has 0 aliphatic carbocycles. The minimum Gasteiger partial charge on any atom is -0.488 e. The lowest BCUT2D eigenvalue weighted by Crippen LogP contribution is -2.28. The molecule has 31 heavy (non-hydrogen) atoms. The van der Waals surface area contributed by atoms with E-state index in [4.69, 9.17) is 13.9 Å². The van der Waals surface area contributed by atoms with Crippen molar-refractivity contribution < 1.29 is 18.7 Å². The summed E-state index contributed by atoms with van der Waals surface area (Å²) in [7, 11) is 0. The molecule has 0 radical (unpaired) electrons. The molecule has 0 saturated heterocycles. The molecule has 0 unspecified atom stereocenters. The van der Waals surface area contributed by atoms with Gasteiger partial charge in [0.05, 0.1) is 0 Å². The third kappa shape index (κ3) is 7.97. The van der Waals surface area contributed by atoms with Crippen LogP contribution in [0.3, 0.4) is 0 Å². The maximum atomic E-state index is 12.1. The second kappa shape index (κ2) is 10.7. The van der Waals surface area contributed by atoms with Gasteiger partial charge in [-0.3, -0.25) is 4.79 Å². The molecule has 5 heteroatoms. The number of nitrogens with one attached hydrogen (secondary N) is 1. The molecule has 5 nitrogen and oxygen atoms in total. The molecular formula is C26H39NO4. The van der Waals surface area contributed by atoms with E-state index in [1.165, 1.54) is 0 Å². The van der Waals surface area contributed by atoms with Crippen LogP contribution in [0.15, 0.2) is 34.7 Å². The Kier molecular flexibility index (Phi) is 8.60. The Morgan fingerprint density at radius 2 is 1.65 bits per heavy atom. The number of hydrogen-bond acceptors (Lipinski definition) is 4. The van der Waals surface area contributed by atoms with E-state index in [0.717, 1.165) is 54.9 Å². The quantitative estimate of drug-likeness (QED) is 0.393. The molecule has 0 atom stereocenters. The van der Waals surface area contributed by atoms with Gasteiger partial charge in [0.15, 0.2) is 5.76 Å². The number of amides is 1. The van der Waals surface area contributed by atoms with Crippen molar-refractivity contribution >= 4 is 5.91 Å². The molecule has 1 aromatic carbocycles. The minimum absolute atomic E-state index is 0.165. The van der Waals surface area contributed by atoms with Crippen LogP contribution in [0.5, 0.6) is 11.5 Å². The van der Waals surface area contributed by atoms with Crippen LogP contribution in [0.1, 0.15) is 89.1 Å². The maximum absolute atomic E-state index is 12.1. The van der Waals surface area contributed by atoms with Crippen LogP contribution >= 0.6 is 0 Å². The van der Waals surface area contributed by atoms with Crippen molar-refractivity contribution in [1.29, 1.82) is 0 Å². The molecule has 2 aromatic rings. The molecule has 2 rings (SSSR count). The van der Waals surface area contributed by atoms with Gasteiger partial charge in [-0.05, 0) is 90.5 Å². The van der Waals surface area contributed by atoms with E-state index in [0.29, 0.717) is 12.3 Å². The summed E-state index contributed by atoms with van der Waals surface area (Å²) in [5, 5.41) is 2.92. The molecule has 0 aliphatic rings. The van der Waals surface area contributed by atoms with Gasteiger partial charge in [0, 0.05) is 12.6 Å². The highest BCUT2D eigenvalue weighted by atomic mass is 16.5. The van der Waals surface area contributed by atoms with Crippen molar-refractivity contribution in [1.82, 2.24) is 5.32 Å². The fraction of sp³-hybridized carbons (Fsp3) is 0.577. The van der Waals surface area contributed by atoms with Crippen LogP contribution in [-0.2, 0) is 6.42 Å². The molecule has 0 saturated carbocycles. The zero-order chi connectivity index (χ0) is 23.1. The zero-order valence-electron chi connectivity index (χ0n) is 20.3. The Hall–Kier alpha value is -2.43. The van der Waals surface area contributed by atoms with E-state index >= 15 is 0 Å². The molecule has 172 valence electrons. The summed E-state index contributed by atoms with van der Waals surface area (Å²) in [6, 6.07) is 9.65. The fourth-order valence-electron chi connectivity index (χ4n) is 2.95. The van der Waals surface area contributed by atoms with Crippen molar-refractivity contribution in [2.75, 3.05) is 6.54 Å². The van der Waals surface area contributed by atoms with Gasteiger partial charge in [0.1, 0.15) is 28.5 Å². The van der Waals surface area contributed by atoms with Gasteiger partial charge >= 0.3 is 0 Å². The van der Waals surface area contributed by atoms with Crippen molar-refractivity contribution in [3.05, 3.63) is 47.4 Å². The Morgan fingerprint density at radius 3 is 2.26 bits per heavy atom. The van der Waals surface area contributed by atoms with Crippen LogP contribution in [-0.4, -0.2) is 23.7 Å². The number of benzene rings is 1. The number of rotatable bonds is 12. The number of unbranched alkanes of at least 4 members (excludes halogenated alkanes) is 1. The Balaban J connectivity index is 1.97. The molecule has 0 fully saturated rings. The van der Waals surface area contributed by atoms with E-state index in [1.54, 1.807) is 12.1 Å². The van der Waals surface area contributed by atoms with Gasteiger partial charge in [-0.2, -0.15) is 0 Å². The fourth-order valence-corrected chi connectivity index (χ4v) is 2.95. The first-order chi connectivity index (χ1) is 14.5. The van der Waals surface area contributed by atoms with E-state index in [1.807, 2.05) is 19.1 Å². The summed E-state index contributed by atoms with van der Waals surface area (Å²) in [5.41, 5.74) is 0.697. The lowest BCUT2D eigenvalue weighted by molar-refractivity contribution is 0.0920. The van der Waals surface area contributed by atoms with Crippen molar-refractivity contribution in [3.63, 3.8) is 0 Å². The maximum Gasteiger partial charge on any atom is 0.286 e. The monoisotopic (exact) mass is 429 g/mol. The summed E-state index contributed by atoms with van der Waals surface area (Å²) >= 11 is 0. The summed E-state index contributed by atoms with van der Waals surface area (Å²) in [4.78, 5) is 12.1. The minimum atomic E-state index is -0.247. The van der Waals surface area contributed by atoms with Gasteiger partial charge < -0.3 is 19.2 Å². The van der Waals surface area contributed by atoms with Gasteiger partial charge in [-0.15, -0.1) is 0 Å². The first-order valence-electron chi connectivity index (χ1n) is 11.4. The molecule has 0 aliphatic heterocycles. The van der Waals surface area contributed by atoms with E-state index < -0.39 is 0 Å². The first kappa shape index (κ1) is 24.8. The Morgan fingerprint density at radius 1 is 0.968 bits per heavy atom. The van der Waals surface area contributed by atoms with Gasteiger partial charge in [0.2, 0.25) is 0 Å². The summed E-state index contributed by atoms with van der Waals surface area (Å²) in [6.45, 7) is 15.1. The molecular weight excluding hydrogens is 390 g/mol. The summed E-state index contributed by atoms with van der Waals surface area (Å²) < 4.78 is 17.9. The average Bonchev–Trinajstić information content (AvgIpc) is 3.15. The second-order valence-electron chi connectivity index (χ2n) is 9.32. The molecule has 1 N–H and O–H groups in total. The third-order valence-electron chi connectivity index (χ3n) is 5.64. The van der Waals surface area contributed by atoms with Crippen LogP contribution in [0.4, 0.5) is 0 Å². The zero-order valence-corrected chi connectivity index (χ0v) is 20.3. The number of furan rings is 1. The van der Waals surface area contributed by atoms with Gasteiger partial charge in [-0.1, -0.05) is 19.9 Å². The first-order valence-corrected chi connectivity index (χ1v) is 11.4. The van der Waals surface area contributed by atoms with Crippen molar-refractivity contribution in [3.8, 4) is 11.5 Å². The SMILES string of the molecule is CCC(C)(C)Oc1ccc(CCCCNC(=O)c2ccc(C)o2)c(OC(C)(C)CC)c1. The van der Waals surface area contributed by atoms with Crippen LogP contribution in [0.2, 0.25) is 0 Å². The number of carbonyl (C=O) groups excluding carboxylic acids is 1. The highest BCUT2D eigenvalue weighted by molar-refractivity contribution is 5.91.